The molecule has 3 rings (SSSR count). The van der Waals surface area contributed by atoms with Crippen LogP contribution in [0.5, 0.6) is 0 Å². The Morgan fingerprint density at radius 3 is 2.82 bits per heavy atom. The van der Waals surface area contributed by atoms with E-state index in [9.17, 15) is 9.59 Å². The van der Waals surface area contributed by atoms with Crippen molar-refractivity contribution in [1.29, 1.82) is 0 Å². The number of carbonyl (C=O) groups excluding carboxylic acids is 2. The SMILES string of the molecule is COC(=O)c1cccc2[nH]c(NC(=O)c3ccn(C)c3)nc12. The molecule has 0 fully saturated rings. The maximum Gasteiger partial charge on any atom is 0.340 e. The maximum absolute atomic E-state index is 12.1. The number of hydrogen-bond acceptors (Lipinski definition) is 4. The molecule has 2 aromatic heterocycles. The second-order valence-electron chi connectivity index (χ2n) is 4.80. The molecule has 2 heterocycles. The minimum atomic E-state index is -0.474. The molecule has 2 N–H and O–H groups in total. The number of imidazole rings is 1. The van der Waals surface area contributed by atoms with Crippen molar-refractivity contribution in [2.75, 3.05) is 12.4 Å². The zero-order valence-electron chi connectivity index (χ0n) is 12.1. The van der Waals surface area contributed by atoms with E-state index in [2.05, 4.69) is 15.3 Å². The molecule has 0 aliphatic rings. The van der Waals surface area contributed by atoms with Crippen LogP contribution < -0.4 is 5.32 Å². The van der Waals surface area contributed by atoms with Crippen molar-refractivity contribution >= 4 is 28.9 Å². The number of benzene rings is 1. The van der Waals surface area contributed by atoms with E-state index in [1.165, 1.54) is 7.11 Å². The number of nitrogens with one attached hydrogen (secondary N) is 2. The van der Waals surface area contributed by atoms with Crippen molar-refractivity contribution in [2.24, 2.45) is 7.05 Å². The fourth-order valence-corrected chi connectivity index (χ4v) is 2.18. The lowest BCUT2D eigenvalue weighted by Gasteiger charge is -1.99. The highest BCUT2D eigenvalue weighted by molar-refractivity contribution is 6.05. The van der Waals surface area contributed by atoms with Gasteiger partial charge in [-0.15, -0.1) is 0 Å². The van der Waals surface area contributed by atoms with Gasteiger partial charge in [-0.1, -0.05) is 6.07 Å². The van der Waals surface area contributed by atoms with E-state index in [0.29, 0.717) is 22.2 Å². The zero-order valence-corrected chi connectivity index (χ0v) is 12.1. The van der Waals surface area contributed by atoms with Crippen LogP contribution in [-0.4, -0.2) is 33.5 Å². The first kappa shape index (κ1) is 13.9. The van der Waals surface area contributed by atoms with Gasteiger partial charge in [-0.3, -0.25) is 10.1 Å². The third-order valence-electron chi connectivity index (χ3n) is 3.24. The second kappa shape index (κ2) is 5.36. The summed E-state index contributed by atoms with van der Waals surface area (Å²) >= 11 is 0. The van der Waals surface area contributed by atoms with Gasteiger partial charge in [0.25, 0.3) is 5.91 Å². The first-order chi connectivity index (χ1) is 10.6. The number of para-hydroxylation sites is 1. The number of H-pyrrole nitrogens is 1. The number of methoxy groups -OCH3 is 1. The van der Waals surface area contributed by atoms with E-state index >= 15 is 0 Å². The van der Waals surface area contributed by atoms with E-state index in [1.807, 2.05) is 7.05 Å². The fraction of sp³-hybridized carbons (Fsp3) is 0.133. The molecule has 112 valence electrons. The van der Waals surface area contributed by atoms with E-state index in [4.69, 9.17) is 4.74 Å². The molecule has 0 aliphatic heterocycles. The quantitative estimate of drug-likeness (QED) is 0.723. The van der Waals surface area contributed by atoms with Crippen molar-refractivity contribution < 1.29 is 14.3 Å². The number of carbonyl (C=O) groups is 2. The molecule has 1 amide bonds. The van der Waals surface area contributed by atoms with Gasteiger partial charge in [-0.2, -0.15) is 0 Å². The van der Waals surface area contributed by atoms with Gasteiger partial charge >= 0.3 is 5.97 Å². The van der Waals surface area contributed by atoms with Gasteiger partial charge in [0.05, 0.1) is 23.8 Å². The number of aromatic amines is 1. The highest BCUT2D eigenvalue weighted by Gasteiger charge is 2.15. The number of ether oxygens (including phenoxy) is 1. The molecule has 7 heteroatoms. The smallest absolute Gasteiger partial charge is 0.340 e. The summed E-state index contributed by atoms with van der Waals surface area (Å²) in [5.74, 6) is -0.475. The van der Waals surface area contributed by atoms with E-state index < -0.39 is 5.97 Å². The zero-order chi connectivity index (χ0) is 15.7. The summed E-state index contributed by atoms with van der Waals surface area (Å²) in [5, 5.41) is 2.67. The average molecular weight is 298 g/mol. The van der Waals surface area contributed by atoms with Crippen molar-refractivity contribution in [3.8, 4) is 0 Å². The van der Waals surface area contributed by atoms with Gasteiger partial charge < -0.3 is 14.3 Å². The average Bonchev–Trinajstić information content (AvgIpc) is 3.11. The molecule has 7 nitrogen and oxygen atoms in total. The lowest BCUT2D eigenvalue weighted by molar-refractivity contribution is 0.0602. The van der Waals surface area contributed by atoms with E-state index in [1.54, 1.807) is 41.2 Å². The van der Waals surface area contributed by atoms with Gasteiger partial charge in [0.2, 0.25) is 5.95 Å². The summed E-state index contributed by atoms with van der Waals surface area (Å²) in [4.78, 5) is 31.0. The van der Waals surface area contributed by atoms with Crippen LogP contribution in [0.4, 0.5) is 5.95 Å². The molecule has 3 aromatic rings. The van der Waals surface area contributed by atoms with Gasteiger partial charge in [-0.05, 0) is 18.2 Å². The maximum atomic E-state index is 12.1. The van der Waals surface area contributed by atoms with Crippen molar-refractivity contribution in [1.82, 2.24) is 14.5 Å². The number of amides is 1. The van der Waals surface area contributed by atoms with Crippen molar-refractivity contribution in [2.45, 2.75) is 0 Å². The number of rotatable bonds is 3. The molecule has 0 radical (unpaired) electrons. The predicted molar refractivity (Wildman–Crippen MR) is 80.8 cm³/mol. The minimum absolute atomic E-state index is 0.278. The highest BCUT2D eigenvalue weighted by atomic mass is 16.5. The number of aryl methyl sites for hydroxylation is 1. The number of aromatic nitrogens is 3. The van der Waals surface area contributed by atoms with Gasteiger partial charge in [0.1, 0.15) is 5.52 Å². The molecule has 0 unspecified atom stereocenters. The molecule has 0 saturated heterocycles. The third kappa shape index (κ3) is 2.44. The number of anilines is 1. The Bertz CT molecular complexity index is 863. The summed E-state index contributed by atoms with van der Waals surface area (Å²) < 4.78 is 6.50. The second-order valence-corrected chi connectivity index (χ2v) is 4.80. The molecule has 22 heavy (non-hydrogen) atoms. The summed E-state index contributed by atoms with van der Waals surface area (Å²) in [6.45, 7) is 0. The first-order valence-corrected chi connectivity index (χ1v) is 6.59. The Hall–Kier alpha value is -3.09. The molecule has 0 saturated carbocycles. The van der Waals surface area contributed by atoms with Crippen LogP contribution in [0.1, 0.15) is 20.7 Å². The first-order valence-electron chi connectivity index (χ1n) is 6.59. The topological polar surface area (TPSA) is 89.0 Å². The lowest BCUT2D eigenvalue weighted by Crippen LogP contribution is -2.12. The summed E-state index contributed by atoms with van der Waals surface area (Å²) in [7, 11) is 3.15. The highest BCUT2D eigenvalue weighted by Crippen LogP contribution is 2.19. The molecular formula is C15H14N4O3. The van der Waals surface area contributed by atoms with Crippen molar-refractivity contribution in [3.63, 3.8) is 0 Å². The largest absolute Gasteiger partial charge is 0.465 e. The number of esters is 1. The standard InChI is InChI=1S/C15H14N4O3/c1-19-7-6-9(8-19)13(20)18-15-16-11-5-3-4-10(12(11)17-15)14(21)22-2/h3-8H,1-2H3,(H2,16,17,18,20). The van der Waals surface area contributed by atoms with Crippen LogP contribution in [0.15, 0.2) is 36.7 Å². The van der Waals surface area contributed by atoms with Crippen LogP contribution >= 0.6 is 0 Å². The van der Waals surface area contributed by atoms with Crippen LogP contribution in [-0.2, 0) is 11.8 Å². The molecule has 0 bridgehead atoms. The Morgan fingerprint density at radius 2 is 2.14 bits per heavy atom. The van der Waals surface area contributed by atoms with E-state index in [-0.39, 0.29) is 11.9 Å². The molecule has 0 atom stereocenters. The van der Waals surface area contributed by atoms with Crippen LogP contribution in [0.3, 0.4) is 0 Å². The summed E-state index contributed by atoms with van der Waals surface area (Å²) in [5.41, 5.74) is 1.97. The minimum Gasteiger partial charge on any atom is -0.465 e. The molecule has 0 aliphatic carbocycles. The van der Waals surface area contributed by atoms with Crippen LogP contribution in [0, 0.1) is 0 Å². The third-order valence-corrected chi connectivity index (χ3v) is 3.24. The monoisotopic (exact) mass is 298 g/mol. The van der Waals surface area contributed by atoms with E-state index in [0.717, 1.165) is 0 Å². The summed E-state index contributed by atoms with van der Waals surface area (Å²) in [6.07, 6.45) is 3.49. The Kier molecular flexibility index (Phi) is 3.38. The lowest BCUT2D eigenvalue weighted by atomic mass is 10.2. The van der Waals surface area contributed by atoms with Crippen LogP contribution in [0.25, 0.3) is 11.0 Å². The number of nitrogens with zero attached hydrogens (tertiary/aromatic N) is 2. The fourth-order valence-electron chi connectivity index (χ4n) is 2.18. The van der Waals surface area contributed by atoms with Crippen LogP contribution in [0.2, 0.25) is 0 Å². The Balaban J connectivity index is 1.92. The predicted octanol–water partition coefficient (Wildman–Crippen LogP) is 1.94. The van der Waals surface area contributed by atoms with Gasteiger partial charge in [0.15, 0.2) is 0 Å². The Morgan fingerprint density at radius 1 is 1.32 bits per heavy atom. The number of fused-ring (bicyclic) bond motifs is 1. The van der Waals surface area contributed by atoms with Crippen molar-refractivity contribution in [3.05, 3.63) is 47.8 Å². The van der Waals surface area contributed by atoms with Gasteiger partial charge in [-0.25, -0.2) is 9.78 Å². The summed E-state index contributed by atoms with van der Waals surface area (Å²) in [6, 6.07) is 6.82. The Labute approximate surface area is 125 Å². The molecular weight excluding hydrogens is 284 g/mol. The molecule has 1 aromatic carbocycles. The normalized spacial score (nSPS) is 10.6. The van der Waals surface area contributed by atoms with Gasteiger partial charge in [0, 0.05) is 19.4 Å². The number of hydrogen-bond donors (Lipinski definition) is 2. The molecule has 0 spiro atoms.